The summed E-state index contributed by atoms with van der Waals surface area (Å²) in [7, 11) is 1.61. The van der Waals surface area contributed by atoms with Gasteiger partial charge >= 0.3 is 5.97 Å². The summed E-state index contributed by atoms with van der Waals surface area (Å²) < 4.78 is 17.9. The number of methoxy groups -OCH3 is 1. The van der Waals surface area contributed by atoms with Crippen LogP contribution < -0.4 is 14.9 Å². The van der Waals surface area contributed by atoms with E-state index < -0.39 is 11.4 Å². The number of aromatic carboxylic acids is 1. The van der Waals surface area contributed by atoms with Crippen molar-refractivity contribution in [2.75, 3.05) is 33.5 Å². The predicted molar refractivity (Wildman–Crippen MR) is 106 cm³/mol. The molecule has 1 aliphatic rings. The van der Waals surface area contributed by atoms with Gasteiger partial charge < -0.3 is 29.0 Å². The van der Waals surface area contributed by atoms with E-state index in [1.54, 1.807) is 24.7 Å². The first kappa shape index (κ1) is 22.7. The lowest BCUT2D eigenvalue weighted by Gasteiger charge is -2.13. The zero-order valence-electron chi connectivity index (χ0n) is 16.2. The summed E-state index contributed by atoms with van der Waals surface area (Å²) in [5.41, 5.74) is -0.0954. The molecule has 0 radical (unpaired) electrons. The number of hydrogen-bond acceptors (Lipinski definition) is 7. The molecule has 0 unspecified atom stereocenters. The Morgan fingerprint density at radius 1 is 1.38 bits per heavy atom. The molecule has 3 heterocycles. The van der Waals surface area contributed by atoms with Crippen molar-refractivity contribution < 1.29 is 29.2 Å². The number of halogens is 1. The van der Waals surface area contributed by atoms with Crippen LogP contribution in [0.4, 0.5) is 0 Å². The highest BCUT2D eigenvalue weighted by Crippen LogP contribution is 2.36. The van der Waals surface area contributed by atoms with E-state index in [-0.39, 0.29) is 23.9 Å². The highest BCUT2D eigenvalue weighted by molar-refractivity contribution is 6.31. The molecule has 2 aromatic rings. The second-order valence-corrected chi connectivity index (χ2v) is 6.28. The zero-order chi connectivity index (χ0) is 21.4. The van der Waals surface area contributed by atoms with Gasteiger partial charge in [0.1, 0.15) is 17.9 Å². The third kappa shape index (κ3) is 5.69. The summed E-state index contributed by atoms with van der Waals surface area (Å²) >= 11 is 6.21. The standard InChI is InChI=1S/C17H17ClN2O6.C2H6O/c1-24-4-2-5-25-14-8-13-15(19-16(14)18)11-7-12(21)10(17(22)23)9-20(11)3-6-26-13;1-2-3/h7-9H,2-6H2,1H3,(H,22,23);3H,2H2,1H3. The number of carboxylic acid groups (broad SMARTS) is 1. The van der Waals surface area contributed by atoms with Crippen molar-refractivity contribution in [3.05, 3.63) is 39.3 Å². The van der Waals surface area contributed by atoms with E-state index in [4.69, 9.17) is 36.0 Å². The van der Waals surface area contributed by atoms with Gasteiger partial charge in [0, 0.05) is 45.1 Å². The van der Waals surface area contributed by atoms with Gasteiger partial charge in [0.25, 0.3) is 0 Å². The molecule has 0 bridgehead atoms. The highest BCUT2D eigenvalue weighted by Gasteiger charge is 2.22. The van der Waals surface area contributed by atoms with Gasteiger partial charge in [0.2, 0.25) is 0 Å². The average molecular weight is 427 g/mol. The molecule has 2 N–H and O–H groups in total. The Morgan fingerprint density at radius 2 is 2.10 bits per heavy atom. The smallest absolute Gasteiger partial charge is 0.341 e. The Balaban J connectivity index is 0.000000941. The van der Waals surface area contributed by atoms with Gasteiger partial charge in [-0.1, -0.05) is 11.6 Å². The number of ether oxygens (including phenoxy) is 3. The molecular weight excluding hydrogens is 404 g/mol. The molecular formula is C19H23ClN2O7. The van der Waals surface area contributed by atoms with Gasteiger partial charge in [-0.05, 0) is 6.92 Å². The van der Waals surface area contributed by atoms with Gasteiger partial charge in [-0.3, -0.25) is 4.79 Å². The molecule has 0 aromatic carbocycles. The summed E-state index contributed by atoms with van der Waals surface area (Å²) in [6.07, 6.45) is 1.99. The minimum Gasteiger partial charge on any atom is -0.490 e. The summed E-state index contributed by atoms with van der Waals surface area (Å²) in [4.78, 5) is 27.6. The first-order valence-corrected chi connectivity index (χ1v) is 9.34. The van der Waals surface area contributed by atoms with Crippen LogP contribution in [-0.2, 0) is 11.3 Å². The minimum atomic E-state index is -1.28. The third-order valence-corrected chi connectivity index (χ3v) is 4.12. The number of rotatable bonds is 6. The SMILES string of the molecule is CCO.COCCCOc1cc2c(nc1Cl)-c1cc(=O)c(C(=O)O)cn1CCO2. The van der Waals surface area contributed by atoms with Gasteiger partial charge in [0.15, 0.2) is 22.1 Å². The van der Waals surface area contributed by atoms with Crippen molar-refractivity contribution in [1.82, 2.24) is 9.55 Å². The Bertz CT molecular complexity index is 914. The summed E-state index contributed by atoms with van der Waals surface area (Å²) in [5.74, 6) is -0.481. The average Bonchev–Trinajstić information content (AvgIpc) is 2.84. The fourth-order valence-corrected chi connectivity index (χ4v) is 2.81. The van der Waals surface area contributed by atoms with E-state index in [1.165, 1.54) is 12.3 Å². The number of pyridine rings is 2. The maximum absolute atomic E-state index is 12.1. The van der Waals surface area contributed by atoms with Crippen LogP contribution in [0.5, 0.6) is 11.5 Å². The largest absolute Gasteiger partial charge is 0.490 e. The molecule has 0 saturated heterocycles. The second-order valence-electron chi connectivity index (χ2n) is 5.92. The topological polar surface area (TPSA) is 120 Å². The van der Waals surface area contributed by atoms with E-state index >= 15 is 0 Å². The number of aliphatic hydroxyl groups excluding tert-OH is 1. The molecule has 2 aromatic heterocycles. The zero-order valence-corrected chi connectivity index (χ0v) is 16.9. The molecule has 0 atom stereocenters. The van der Waals surface area contributed by atoms with Gasteiger partial charge in [-0.25, -0.2) is 9.78 Å². The van der Waals surface area contributed by atoms with Crippen LogP contribution >= 0.6 is 11.6 Å². The Hall–Kier alpha value is -2.62. The maximum atomic E-state index is 12.1. The monoisotopic (exact) mass is 426 g/mol. The molecule has 0 fully saturated rings. The Labute approximate surface area is 172 Å². The molecule has 0 aliphatic carbocycles. The lowest BCUT2D eigenvalue weighted by molar-refractivity contribution is 0.0694. The number of aliphatic hydroxyl groups is 1. The second kappa shape index (κ2) is 10.8. The molecule has 29 heavy (non-hydrogen) atoms. The Morgan fingerprint density at radius 3 is 2.76 bits per heavy atom. The van der Waals surface area contributed by atoms with Crippen molar-refractivity contribution in [2.24, 2.45) is 0 Å². The molecule has 0 spiro atoms. The lowest BCUT2D eigenvalue weighted by Crippen LogP contribution is -2.19. The normalized spacial score (nSPS) is 11.9. The highest BCUT2D eigenvalue weighted by atomic mass is 35.5. The van der Waals surface area contributed by atoms with Crippen LogP contribution in [0.25, 0.3) is 11.4 Å². The first-order chi connectivity index (χ1) is 13.9. The van der Waals surface area contributed by atoms with Crippen LogP contribution in [0.15, 0.2) is 23.1 Å². The van der Waals surface area contributed by atoms with Crippen LogP contribution in [0.3, 0.4) is 0 Å². The molecule has 10 heteroatoms. The lowest BCUT2D eigenvalue weighted by atomic mass is 10.1. The minimum absolute atomic E-state index is 0.132. The number of carboxylic acids is 1. The summed E-state index contributed by atoms with van der Waals surface area (Å²) in [5, 5.41) is 16.8. The van der Waals surface area contributed by atoms with Crippen molar-refractivity contribution in [3.8, 4) is 22.9 Å². The van der Waals surface area contributed by atoms with E-state index in [0.717, 1.165) is 0 Å². The maximum Gasteiger partial charge on any atom is 0.341 e. The number of aromatic nitrogens is 2. The molecule has 0 saturated carbocycles. The van der Waals surface area contributed by atoms with E-state index in [1.807, 2.05) is 0 Å². The molecule has 9 nitrogen and oxygen atoms in total. The Kier molecular flexibility index (Phi) is 8.44. The van der Waals surface area contributed by atoms with Crippen molar-refractivity contribution in [1.29, 1.82) is 0 Å². The predicted octanol–water partition coefficient (Wildman–Crippen LogP) is 2.07. The quantitative estimate of drug-likeness (QED) is 0.532. The summed E-state index contributed by atoms with van der Waals surface area (Å²) in [6.45, 7) is 3.56. The van der Waals surface area contributed by atoms with Crippen molar-refractivity contribution in [3.63, 3.8) is 0 Å². The fraction of sp³-hybridized carbons (Fsp3) is 0.421. The molecule has 3 rings (SSSR count). The fourth-order valence-electron chi connectivity index (χ4n) is 2.61. The van der Waals surface area contributed by atoms with Gasteiger partial charge in [-0.2, -0.15) is 0 Å². The van der Waals surface area contributed by atoms with E-state index in [9.17, 15) is 9.59 Å². The van der Waals surface area contributed by atoms with Crippen LogP contribution in [0.2, 0.25) is 5.15 Å². The summed E-state index contributed by atoms with van der Waals surface area (Å²) in [6, 6.07) is 2.86. The number of hydrogen-bond donors (Lipinski definition) is 2. The molecule has 0 amide bonds. The van der Waals surface area contributed by atoms with Crippen LogP contribution in [0, 0.1) is 0 Å². The number of fused-ring (bicyclic) bond motifs is 3. The van der Waals surface area contributed by atoms with Crippen LogP contribution in [0.1, 0.15) is 23.7 Å². The number of carbonyl (C=O) groups is 1. The number of nitrogens with zero attached hydrogens (tertiary/aromatic N) is 2. The third-order valence-electron chi connectivity index (χ3n) is 3.85. The molecule has 1 aliphatic heterocycles. The van der Waals surface area contributed by atoms with E-state index in [0.29, 0.717) is 49.1 Å². The van der Waals surface area contributed by atoms with Gasteiger partial charge in [-0.15, -0.1) is 0 Å². The van der Waals surface area contributed by atoms with Crippen molar-refractivity contribution >= 4 is 17.6 Å². The van der Waals surface area contributed by atoms with Crippen LogP contribution in [-0.4, -0.2) is 59.3 Å². The first-order valence-electron chi connectivity index (χ1n) is 8.97. The van der Waals surface area contributed by atoms with Gasteiger partial charge in [0.05, 0.1) is 18.8 Å². The van der Waals surface area contributed by atoms with E-state index in [2.05, 4.69) is 4.98 Å². The van der Waals surface area contributed by atoms with Crippen molar-refractivity contribution in [2.45, 2.75) is 19.9 Å². The molecule has 158 valence electrons.